The van der Waals surface area contributed by atoms with Gasteiger partial charge in [-0.3, -0.25) is 24.3 Å². The van der Waals surface area contributed by atoms with Crippen molar-refractivity contribution in [3.8, 4) is 0 Å². The summed E-state index contributed by atoms with van der Waals surface area (Å²) in [5.74, 6) is -1.47. The highest BCUT2D eigenvalue weighted by atomic mass is 16.2. The molecule has 2 heterocycles. The molecule has 1 atom stereocenters. The zero-order valence-corrected chi connectivity index (χ0v) is 15.6. The number of carbonyl (C=O) groups is 3. The third-order valence-corrected chi connectivity index (χ3v) is 5.17. The molecule has 0 bridgehead atoms. The number of likely N-dealkylation sites (N-methyl/N-ethyl adjacent to an activating group) is 1. The second kappa shape index (κ2) is 6.88. The van der Waals surface area contributed by atoms with Crippen molar-refractivity contribution >= 4 is 34.3 Å². The number of fused-ring (bicyclic) bond motifs is 1. The fourth-order valence-corrected chi connectivity index (χ4v) is 3.68. The molecule has 1 aromatic heterocycles. The molecule has 1 N–H and O–H groups in total. The van der Waals surface area contributed by atoms with Gasteiger partial charge in [0.2, 0.25) is 11.8 Å². The normalized spacial score (nSPS) is 16.6. The number of hydrogen-bond acceptors (Lipinski definition) is 4. The molecule has 0 aliphatic carbocycles. The zero-order valence-electron chi connectivity index (χ0n) is 15.6. The number of para-hydroxylation sites is 1. The largest absolute Gasteiger partial charge is 0.320 e. The summed E-state index contributed by atoms with van der Waals surface area (Å²) in [4.78, 5) is 43.1. The molecular formula is C22H19N3O3. The first kappa shape index (κ1) is 17.9. The first-order valence-electron chi connectivity index (χ1n) is 9.02. The molecule has 3 aromatic rings. The first-order valence-corrected chi connectivity index (χ1v) is 9.02. The summed E-state index contributed by atoms with van der Waals surface area (Å²) in [6.07, 6.45) is 1.75. The summed E-state index contributed by atoms with van der Waals surface area (Å²) in [5, 5.41) is 3.85. The number of benzene rings is 2. The van der Waals surface area contributed by atoms with Crippen molar-refractivity contribution in [3.05, 3.63) is 71.4 Å². The molecule has 1 unspecified atom stereocenters. The van der Waals surface area contributed by atoms with Gasteiger partial charge in [-0.2, -0.15) is 0 Å². The molecule has 28 heavy (non-hydrogen) atoms. The van der Waals surface area contributed by atoms with Crippen molar-refractivity contribution in [1.29, 1.82) is 0 Å². The van der Waals surface area contributed by atoms with Crippen LogP contribution in [0.15, 0.2) is 54.7 Å². The topological polar surface area (TPSA) is 79.4 Å². The summed E-state index contributed by atoms with van der Waals surface area (Å²) in [7, 11) is 1.47. The number of amides is 3. The molecule has 2 aromatic carbocycles. The second-order valence-electron chi connectivity index (χ2n) is 6.92. The van der Waals surface area contributed by atoms with E-state index in [4.69, 9.17) is 0 Å². The maximum atomic E-state index is 13.2. The molecule has 140 valence electrons. The molecule has 6 nitrogen and oxygen atoms in total. The Morgan fingerprint density at radius 3 is 2.61 bits per heavy atom. The third kappa shape index (κ3) is 2.93. The van der Waals surface area contributed by atoms with Gasteiger partial charge in [0, 0.05) is 30.6 Å². The standard InChI is InChI=1S/C22H19N3O3/c1-13-6-3-9-15(16-12-18(26)25(2)22(16)28)19(13)21(27)24-17-10-4-7-14-8-5-11-23-20(14)17/h3-11,16H,12H2,1-2H3,(H,24,27). The minimum atomic E-state index is -0.635. The van der Waals surface area contributed by atoms with Gasteiger partial charge in [-0.25, -0.2) is 0 Å². The quantitative estimate of drug-likeness (QED) is 0.715. The number of hydrogen-bond donors (Lipinski definition) is 1. The van der Waals surface area contributed by atoms with E-state index in [1.54, 1.807) is 24.4 Å². The molecule has 0 radical (unpaired) electrons. The molecule has 6 heteroatoms. The van der Waals surface area contributed by atoms with Crippen LogP contribution in [-0.2, 0) is 9.59 Å². The van der Waals surface area contributed by atoms with Crippen LogP contribution in [0.3, 0.4) is 0 Å². The van der Waals surface area contributed by atoms with Gasteiger partial charge in [-0.15, -0.1) is 0 Å². The van der Waals surface area contributed by atoms with Gasteiger partial charge in [-0.05, 0) is 30.2 Å². The average Bonchev–Trinajstić information content (AvgIpc) is 2.95. The van der Waals surface area contributed by atoms with E-state index in [1.165, 1.54) is 7.05 Å². The number of likely N-dealkylation sites (tertiary alicyclic amines) is 1. The first-order chi connectivity index (χ1) is 13.5. The van der Waals surface area contributed by atoms with Gasteiger partial charge < -0.3 is 5.32 Å². The fourth-order valence-electron chi connectivity index (χ4n) is 3.68. The number of rotatable bonds is 3. The van der Waals surface area contributed by atoms with E-state index in [1.807, 2.05) is 37.3 Å². The highest BCUT2D eigenvalue weighted by molar-refractivity contribution is 6.12. The summed E-state index contributed by atoms with van der Waals surface area (Å²) in [6, 6.07) is 14.7. The number of aromatic nitrogens is 1. The number of pyridine rings is 1. The molecule has 0 spiro atoms. The number of carbonyl (C=O) groups excluding carboxylic acids is 3. The number of aryl methyl sites for hydroxylation is 1. The van der Waals surface area contributed by atoms with Crippen LogP contribution < -0.4 is 5.32 Å². The van der Waals surface area contributed by atoms with Gasteiger partial charge in [0.1, 0.15) is 0 Å². The molecule has 1 fully saturated rings. The van der Waals surface area contributed by atoms with Crippen molar-refractivity contribution in [1.82, 2.24) is 9.88 Å². The van der Waals surface area contributed by atoms with E-state index < -0.39 is 5.92 Å². The molecule has 0 saturated carbocycles. The number of anilines is 1. The van der Waals surface area contributed by atoms with E-state index >= 15 is 0 Å². The highest BCUT2D eigenvalue weighted by Gasteiger charge is 2.39. The second-order valence-corrected chi connectivity index (χ2v) is 6.92. The van der Waals surface area contributed by atoms with Gasteiger partial charge in [0.05, 0.1) is 17.1 Å². The highest BCUT2D eigenvalue weighted by Crippen LogP contribution is 2.33. The maximum Gasteiger partial charge on any atom is 0.256 e. The van der Waals surface area contributed by atoms with Gasteiger partial charge in [0.15, 0.2) is 0 Å². The van der Waals surface area contributed by atoms with Crippen LogP contribution in [0.25, 0.3) is 10.9 Å². The summed E-state index contributed by atoms with van der Waals surface area (Å²) in [5.41, 5.74) is 3.05. The van der Waals surface area contributed by atoms with E-state index in [0.717, 1.165) is 15.8 Å². The van der Waals surface area contributed by atoms with Crippen LogP contribution in [0.2, 0.25) is 0 Å². The minimum Gasteiger partial charge on any atom is -0.320 e. The monoisotopic (exact) mass is 373 g/mol. The lowest BCUT2D eigenvalue weighted by atomic mass is 9.89. The maximum absolute atomic E-state index is 13.2. The summed E-state index contributed by atoms with van der Waals surface area (Å²) in [6.45, 7) is 1.82. The van der Waals surface area contributed by atoms with Crippen molar-refractivity contribution in [2.24, 2.45) is 0 Å². The minimum absolute atomic E-state index is 0.0783. The Hall–Kier alpha value is -3.54. The lowest BCUT2D eigenvalue weighted by molar-refractivity contribution is -0.137. The molecule has 1 saturated heterocycles. The molecule has 4 rings (SSSR count). The third-order valence-electron chi connectivity index (χ3n) is 5.17. The van der Waals surface area contributed by atoms with Crippen LogP contribution in [0, 0.1) is 6.92 Å². The van der Waals surface area contributed by atoms with Crippen LogP contribution >= 0.6 is 0 Å². The van der Waals surface area contributed by atoms with Crippen molar-refractivity contribution < 1.29 is 14.4 Å². The predicted molar refractivity (Wildman–Crippen MR) is 106 cm³/mol. The van der Waals surface area contributed by atoms with Crippen molar-refractivity contribution in [2.45, 2.75) is 19.3 Å². The van der Waals surface area contributed by atoms with Gasteiger partial charge >= 0.3 is 0 Å². The molecule has 1 aliphatic heterocycles. The summed E-state index contributed by atoms with van der Waals surface area (Å²) >= 11 is 0. The SMILES string of the molecule is Cc1cccc(C2CC(=O)N(C)C2=O)c1C(=O)Nc1cccc2cccnc12. The number of nitrogens with zero attached hydrogens (tertiary/aromatic N) is 2. The molecule has 3 amide bonds. The van der Waals surface area contributed by atoms with Crippen molar-refractivity contribution in [3.63, 3.8) is 0 Å². The Balaban J connectivity index is 1.74. The molecule has 1 aliphatic rings. The Labute approximate surface area is 162 Å². The number of nitrogens with one attached hydrogen (secondary N) is 1. The smallest absolute Gasteiger partial charge is 0.256 e. The Morgan fingerprint density at radius 1 is 1.11 bits per heavy atom. The van der Waals surface area contributed by atoms with Crippen molar-refractivity contribution in [2.75, 3.05) is 12.4 Å². The zero-order chi connectivity index (χ0) is 19.8. The lowest BCUT2D eigenvalue weighted by Gasteiger charge is -2.17. The van der Waals surface area contributed by atoms with E-state index in [9.17, 15) is 14.4 Å². The van der Waals surface area contributed by atoms with E-state index in [2.05, 4.69) is 10.3 Å². The summed E-state index contributed by atoms with van der Waals surface area (Å²) < 4.78 is 0. The van der Waals surface area contributed by atoms with Gasteiger partial charge in [0.25, 0.3) is 5.91 Å². The lowest BCUT2D eigenvalue weighted by Crippen LogP contribution is -2.26. The Kier molecular flexibility index (Phi) is 4.39. The molecular weight excluding hydrogens is 354 g/mol. The van der Waals surface area contributed by atoms with Crippen LogP contribution in [0.5, 0.6) is 0 Å². The van der Waals surface area contributed by atoms with E-state index in [-0.39, 0.29) is 24.1 Å². The average molecular weight is 373 g/mol. The van der Waals surface area contributed by atoms with Crippen LogP contribution in [0.4, 0.5) is 5.69 Å². The van der Waals surface area contributed by atoms with Crippen LogP contribution in [-0.4, -0.2) is 34.7 Å². The number of imide groups is 1. The predicted octanol–water partition coefficient (Wildman–Crippen LogP) is 3.27. The van der Waals surface area contributed by atoms with Gasteiger partial charge in [-0.1, -0.05) is 36.4 Å². The van der Waals surface area contributed by atoms with E-state index in [0.29, 0.717) is 22.3 Å². The Bertz CT molecular complexity index is 1120. The Morgan fingerprint density at radius 2 is 1.86 bits per heavy atom. The van der Waals surface area contributed by atoms with Crippen LogP contribution in [0.1, 0.15) is 33.8 Å². The fraction of sp³-hybridized carbons (Fsp3) is 0.182.